The van der Waals surface area contributed by atoms with Crippen molar-refractivity contribution in [2.24, 2.45) is 7.05 Å². The number of thioether (sulfide) groups is 1. The molecule has 0 saturated heterocycles. The molecule has 2 heterocycles. The molecule has 3 aromatic rings. The number of hydrogen-bond donors (Lipinski definition) is 1. The van der Waals surface area contributed by atoms with Crippen LogP contribution in [0, 0.1) is 0 Å². The second kappa shape index (κ2) is 6.32. The van der Waals surface area contributed by atoms with Crippen LogP contribution in [-0.4, -0.2) is 23.3 Å². The molecular formula is C19H17ClN2O2S. The van der Waals surface area contributed by atoms with Gasteiger partial charge < -0.3 is 14.6 Å². The van der Waals surface area contributed by atoms with Crippen LogP contribution in [0.15, 0.2) is 47.4 Å². The van der Waals surface area contributed by atoms with Crippen LogP contribution >= 0.6 is 23.4 Å². The highest BCUT2D eigenvalue weighted by molar-refractivity contribution is 7.98. The Balaban J connectivity index is 1.61. The number of ether oxygens (including phenoxy) is 1. The summed E-state index contributed by atoms with van der Waals surface area (Å²) in [4.78, 5) is 13.9. The molecule has 1 aromatic heterocycles. The van der Waals surface area contributed by atoms with Gasteiger partial charge in [-0.3, -0.25) is 4.79 Å². The Morgan fingerprint density at radius 3 is 2.92 bits per heavy atom. The molecule has 1 aliphatic heterocycles. The lowest BCUT2D eigenvalue weighted by atomic mass is 10.1. The molecule has 4 rings (SSSR count). The van der Waals surface area contributed by atoms with Crippen molar-refractivity contribution in [3.8, 4) is 5.75 Å². The number of benzene rings is 2. The molecule has 1 amide bonds. The van der Waals surface area contributed by atoms with Crippen LogP contribution in [0.5, 0.6) is 5.75 Å². The maximum absolute atomic E-state index is 12.8. The smallest absolute Gasteiger partial charge is 0.268 e. The molecule has 2 aromatic carbocycles. The first-order chi connectivity index (χ1) is 12.1. The Bertz CT molecular complexity index is 983. The summed E-state index contributed by atoms with van der Waals surface area (Å²) in [6.45, 7) is 0.453. The lowest BCUT2D eigenvalue weighted by molar-refractivity contribution is 0.0922. The normalized spacial score (nSPS) is 15.9. The standard InChI is InChI=1S/C19H17ClN2O2S/c1-22-16-8-12(20)4-3-11(16)7-17(22)19(23)21-15-10-24-18-9-13(25-2)5-6-14(15)18/h3-9,15H,10H2,1-2H3,(H,21,23). The summed E-state index contributed by atoms with van der Waals surface area (Å²) in [7, 11) is 1.87. The summed E-state index contributed by atoms with van der Waals surface area (Å²) >= 11 is 7.74. The largest absolute Gasteiger partial charge is 0.491 e. The van der Waals surface area contributed by atoms with Gasteiger partial charge in [0, 0.05) is 33.4 Å². The molecule has 0 fully saturated rings. The van der Waals surface area contributed by atoms with Crippen LogP contribution in [0.2, 0.25) is 5.02 Å². The number of rotatable bonds is 3. The Labute approximate surface area is 155 Å². The fraction of sp³-hybridized carbons (Fsp3) is 0.211. The molecular weight excluding hydrogens is 356 g/mol. The van der Waals surface area contributed by atoms with E-state index < -0.39 is 0 Å². The molecule has 128 valence electrons. The van der Waals surface area contributed by atoms with E-state index in [9.17, 15) is 4.79 Å². The lowest BCUT2D eigenvalue weighted by Crippen LogP contribution is -2.30. The van der Waals surface area contributed by atoms with Crippen LogP contribution in [0.25, 0.3) is 10.9 Å². The average Bonchev–Trinajstić information content (AvgIpc) is 3.16. The quantitative estimate of drug-likeness (QED) is 0.692. The van der Waals surface area contributed by atoms with E-state index in [1.165, 1.54) is 0 Å². The maximum atomic E-state index is 12.8. The third-order valence-electron chi connectivity index (χ3n) is 4.55. The van der Waals surface area contributed by atoms with Crippen molar-refractivity contribution in [2.45, 2.75) is 10.9 Å². The number of aromatic nitrogens is 1. The molecule has 0 spiro atoms. The zero-order chi connectivity index (χ0) is 17.6. The number of hydrogen-bond acceptors (Lipinski definition) is 3. The minimum absolute atomic E-state index is 0.120. The topological polar surface area (TPSA) is 43.3 Å². The molecule has 1 unspecified atom stereocenters. The number of carbonyl (C=O) groups excluding carboxylic acids is 1. The molecule has 6 heteroatoms. The Morgan fingerprint density at radius 2 is 2.12 bits per heavy atom. The van der Waals surface area contributed by atoms with Gasteiger partial charge in [0.1, 0.15) is 18.1 Å². The summed E-state index contributed by atoms with van der Waals surface area (Å²) in [6, 6.07) is 13.5. The number of aryl methyl sites for hydroxylation is 1. The number of halogens is 1. The van der Waals surface area contributed by atoms with Gasteiger partial charge in [0.15, 0.2) is 0 Å². The highest BCUT2D eigenvalue weighted by atomic mass is 35.5. The van der Waals surface area contributed by atoms with Gasteiger partial charge in [0.2, 0.25) is 0 Å². The number of amides is 1. The molecule has 0 radical (unpaired) electrons. The van der Waals surface area contributed by atoms with Crippen molar-refractivity contribution in [1.82, 2.24) is 9.88 Å². The van der Waals surface area contributed by atoms with Gasteiger partial charge in [-0.25, -0.2) is 0 Å². The van der Waals surface area contributed by atoms with Crippen molar-refractivity contribution in [2.75, 3.05) is 12.9 Å². The van der Waals surface area contributed by atoms with E-state index in [0.717, 1.165) is 27.1 Å². The van der Waals surface area contributed by atoms with Crippen molar-refractivity contribution in [1.29, 1.82) is 0 Å². The third-order valence-corrected chi connectivity index (χ3v) is 5.51. The Kier molecular flexibility index (Phi) is 4.13. The maximum Gasteiger partial charge on any atom is 0.268 e. The van der Waals surface area contributed by atoms with Crippen LogP contribution < -0.4 is 10.1 Å². The van der Waals surface area contributed by atoms with Crippen LogP contribution in [0.3, 0.4) is 0 Å². The molecule has 1 aliphatic rings. The molecule has 1 atom stereocenters. The van der Waals surface area contributed by atoms with Crippen LogP contribution in [-0.2, 0) is 7.05 Å². The monoisotopic (exact) mass is 372 g/mol. The van der Waals surface area contributed by atoms with Gasteiger partial charge in [0.25, 0.3) is 5.91 Å². The van der Waals surface area contributed by atoms with E-state index in [4.69, 9.17) is 16.3 Å². The van der Waals surface area contributed by atoms with Gasteiger partial charge in [0.05, 0.1) is 6.04 Å². The second-order valence-corrected chi connectivity index (χ2v) is 7.35. The lowest BCUT2D eigenvalue weighted by Gasteiger charge is -2.12. The zero-order valence-electron chi connectivity index (χ0n) is 13.9. The van der Waals surface area contributed by atoms with E-state index in [1.807, 2.05) is 54.3 Å². The third kappa shape index (κ3) is 2.87. The van der Waals surface area contributed by atoms with E-state index >= 15 is 0 Å². The molecule has 4 nitrogen and oxygen atoms in total. The van der Waals surface area contributed by atoms with Gasteiger partial charge in [-0.05, 0) is 36.6 Å². The highest BCUT2D eigenvalue weighted by Gasteiger charge is 2.27. The minimum Gasteiger partial charge on any atom is -0.491 e. The minimum atomic E-state index is -0.139. The van der Waals surface area contributed by atoms with Gasteiger partial charge in [-0.1, -0.05) is 23.7 Å². The van der Waals surface area contributed by atoms with Crippen LogP contribution in [0.4, 0.5) is 0 Å². The number of fused-ring (bicyclic) bond motifs is 2. The first-order valence-electron chi connectivity index (χ1n) is 7.93. The highest BCUT2D eigenvalue weighted by Crippen LogP contribution is 2.35. The fourth-order valence-corrected chi connectivity index (χ4v) is 3.79. The van der Waals surface area contributed by atoms with E-state index in [1.54, 1.807) is 11.8 Å². The second-order valence-electron chi connectivity index (χ2n) is 6.03. The van der Waals surface area contributed by atoms with E-state index in [2.05, 4.69) is 11.4 Å². The number of carbonyl (C=O) groups is 1. The molecule has 0 saturated carbocycles. The number of nitrogens with zero attached hydrogens (tertiary/aromatic N) is 1. The van der Waals surface area contributed by atoms with Crippen LogP contribution in [0.1, 0.15) is 22.1 Å². The van der Waals surface area contributed by atoms with Crippen molar-refractivity contribution >= 4 is 40.2 Å². The van der Waals surface area contributed by atoms with Crippen molar-refractivity contribution in [3.05, 3.63) is 58.7 Å². The van der Waals surface area contributed by atoms with Gasteiger partial charge in [-0.15, -0.1) is 11.8 Å². The fourth-order valence-electron chi connectivity index (χ4n) is 3.19. The molecule has 25 heavy (non-hydrogen) atoms. The molecule has 0 aliphatic carbocycles. The van der Waals surface area contributed by atoms with Crippen molar-refractivity contribution < 1.29 is 9.53 Å². The predicted octanol–water partition coefficient (Wildman–Crippen LogP) is 4.42. The Hall–Kier alpha value is -2.11. The summed E-state index contributed by atoms with van der Waals surface area (Å²) in [6.07, 6.45) is 2.03. The summed E-state index contributed by atoms with van der Waals surface area (Å²) in [5.74, 6) is 0.728. The van der Waals surface area contributed by atoms with Gasteiger partial charge >= 0.3 is 0 Å². The first-order valence-corrected chi connectivity index (χ1v) is 9.53. The van der Waals surface area contributed by atoms with Crippen molar-refractivity contribution in [3.63, 3.8) is 0 Å². The SMILES string of the molecule is CSc1ccc2c(c1)OCC2NC(=O)c1cc2ccc(Cl)cc2n1C. The van der Waals surface area contributed by atoms with E-state index in [0.29, 0.717) is 17.3 Å². The first kappa shape index (κ1) is 16.4. The number of nitrogens with one attached hydrogen (secondary N) is 1. The van der Waals surface area contributed by atoms with E-state index in [-0.39, 0.29) is 11.9 Å². The molecule has 1 N–H and O–H groups in total. The summed E-state index contributed by atoms with van der Waals surface area (Å²) in [5, 5.41) is 4.73. The summed E-state index contributed by atoms with van der Waals surface area (Å²) in [5.41, 5.74) is 2.56. The predicted molar refractivity (Wildman–Crippen MR) is 102 cm³/mol. The summed E-state index contributed by atoms with van der Waals surface area (Å²) < 4.78 is 7.61. The Morgan fingerprint density at radius 1 is 1.28 bits per heavy atom. The average molecular weight is 373 g/mol. The molecule has 0 bridgehead atoms. The zero-order valence-corrected chi connectivity index (χ0v) is 15.4. The van der Waals surface area contributed by atoms with Gasteiger partial charge in [-0.2, -0.15) is 0 Å².